The molecule has 3 rings (SSSR count). The average Bonchev–Trinajstić information content (AvgIpc) is 3.10. The number of aryl methyl sites for hydroxylation is 1. The lowest BCUT2D eigenvalue weighted by Crippen LogP contribution is -2.33. The van der Waals surface area contributed by atoms with Crippen LogP contribution in [0.2, 0.25) is 0 Å². The van der Waals surface area contributed by atoms with Crippen LogP contribution in [-0.2, 0) is 13.0 Å². The van der Waals surface area contributed by atoms with E-state index in [1.165, 1.54) is 12.0 Å². The van der Waals surface area contributed by atoms with Crippen molar-refractivity contribution < 1.29 is 4.52 Å². The van der Waals surface area contributed by atoms with E-state index in [-0.39, 0.29) is 0 Å². The molecule has 1 fully saturated rings. The predicted molar refractivity (Wildman–Crippen MR) is 80.9 cm³/mol. The molecule has 1 unspecified atom stereocenters. The van der Waals surface area contributed by atoms with Gasteiger partial charge >= 0.3 is 0 Å². The maximum Gasteiger partial charge on any atom is 0.227 e. The van der Waals surface area contributed by atoms with Gasteiger partial charge in [-0.3, -0.25) is 4.90 Å². The Hall–Kier alpha value is -1.72. The molecule has 1 aromatic carbocycles. The Labute approximate surface area is 125 Å². The third-order valence-corrected chi connectivity index (χ3v) is 3.86. The van der Waals surface area contributed by atoms with Crippen LogP contribution in [0.15, 0.2) is 34.9 Å². The highest BCUT2D eigenvalue weighted by Gasteiger charge is 2.21. The number of nitrogens with zero attached hydrogens (tertiary/aromatic N) is 3. The lowest BCUT2D eigenvalue weighted by Gasteiger charge is -2.16. The number of aromatic nitrogens is 2. The molecule has 2 heterocycles. The predicted octanol–water partition coefficient (Wildman–Crippen LogP) is 1.78. The second-order valence-corrected chi connectivity index (χ2v) is 5.65. The Kier molecular flexibility index (Phi) is 4.62. The lowest BCUT2D eigenvalue weighted by molar-refractivity contribution is 0.319. The number of benzene rings is 1. The molecule has 1 aromatic heterocycles. The Bertz CT molecular complexity index is 554. The summed E-state index contributed by atoms with van der Waals surface area (Å²) in [6, 6.07) is 11.2. The van der Waals surface area contributed by atoms with Crippen LogP contribution in [0.3, 0.4) is 0 Å². The van der Waals surface area contributed by atoms with E-state index in [4.69, 9.17) is 4.52 Å². The van der Waals surface area contributed by atoms with Crippen molar-refractivity contribution in [1.82, 2.24) is 20.4 Å². The molecule has 1 N–H and O–H groups in total. The van der Waals surface area contributed by atoms with E-state index in [0.717, 1.165) is 38.5 Å². The van der Waals surface area contributed by atoms with Crippen molar-refractivity contribution in [2.75, 3.05) is 19.6 Å². The molecular formula is C16H22N4O. The first-order valence-electron chi connectivity index (χ1n) is 7.58. The minimum Gasteiger partial charge on any atom is -0.339 e. The Balaban J connectivity index is 1.38. The van der Waals surface area contributed by atoms with Crippen LogP contribution < -0.4 is 5.32 Å². The van der Waals surface area contributed by atoms with Crippen molar-refractivity contribution >= 4 is 0 Å². The molecule has 0 amide bonds. The summed E-state index contributed by atoms with van der Waals surface area (Å²) in [6.07, 6.45) is 2.01. The van der Waals surface area contributed by atoms with Gasteiger partial charge in [0.05, 0.1) is 0 Å². The minimum absolute atomic E-state index is 0.567. The molecule has 0 bridgehead atoms. The van der Waals surface area contributed by atoms with E-state index in [2.05, 4.69) is 50.7 Å². The minimum atomic E-state index is 0.567. The number of hydrogen-bond donors (Lipinski definition) is 1. The molecule has 1 aliphatic heterocycles. The van der Waals surface area contributed by atoms with Gasteiger partial charge in [-0.05, 0) is 18.9 Å². The fraction of sp³-hybridized carbons (Fsp3) is 0.500. The van der Waals surface area contributed by atoms with Gasteiger partial charge < -0.3 is 9.84 Å². The summed E-state index contributed by atoms with van der Waals surface area (Å²) in [4.78, 5) is 6.72. The molecule has 0 radical (unpaired) electrons. The molecule has 0 aliphatic carbocycles. The van der Waals surface area contributed by atoms with E-state index in [0.29, 0.717) is 11.9 Å². The van der Waals surface area contributed by atoms with Crippen LogP contribution in [-0.4, -0.2) is 40.7 Å². The van der Waals surface area contributed by atoms with Gasteiger partial charge in [-0.15, -0.1) is 0 Å². The van der Waals surface area contributed by atoms with Gasteiger partial charge in [-0.25, -0.2) is 0 Å². The van der Waals surface area contributed by atoms with Crippen molar-refractivity contribution in [1.29, 1.82) is 0 Å². The summed E-state index contributed by atoms with van der Waals surface area (Å²) >= 11 is 0. The van der Waals surface area contributed by atoms with Crippen molar-refractivity contribution in [3.8, 4) is 0 Å². The second kappa shape index (κ2) is 6.83. The van der Waals surface area contributed by atoms with Crippen LogP contribution in [0.4, 0.5) is 0 Å². The van der Waals surface area contributed by atoms with Crippen LogP contribution in [0.25, 0.3) is 0 Å². The normalized spacial score (nSPS) is 19.2. The zero-order valence-electron chi connectivity index (χ0n) is 12.5. The van der Waals surface area contributed by atoms with Crippen LogP contribution in [0.1, 0.15) is 23.7 Å². The lowest BCUT2D eigenvalue weighted by atomic mass is 10.2. The molecular weight excluding hydrogens is 264 g/mol. The average molecular weight is 286 g/mol. The van der Waals surface area contributed by atoms with Crippen LogP contribution in [0, 0.1) is 6.92 Å². The molecule has 0 spiro atoms. The van der Waals surface area contributed by atoms with Gasteiger partial charge in [0.1, 0.15) is 0 Å². The van der Waals surface area contributed by atoms with E-state index >= 15 is 0 Å². The maximum absolute atomic E-state index is 5.12. The summed E-state index contributed by atoms with van der Waals surface area (Å²) in [5, 5.41) is 7.39. The van der Waals surface area contributed by atoms with Crippen LogP contribution >= 0.6 is 0 Å². The number of nitrogens with one attached hydrogen (secondary N) is 1. The third-order valence-electron chi connectivity index (χ3n) is 3.86. The number of hydrogen-bond acceptors (Lipinski definition) is 5. The SMILES string of the molecule is Cc1noc(CCNC2CCN(Cc3ccccc3)C2)n1. The van der Waals surface area contributed by atoms with Gasteiger partial charge in [0.15, 0.2) is 5.82 Å². The number of likely N-dealkylation sites (tertiary alicyclic amines) is 1. The van der Waals surface area contributed by atoms with Gasteiger partial charge in [0.2, 0.25) is 5.89 Å². The second-order valence-electron chi connectivity index (χ2n) is 5.65. The topological polar surface area (TPSA) is 54.2 Å². The van der Waals surface area contributed by atoms with E-state index in [1.807, 2.05) is 6.92 Å². The molecule has 5 nitrogen and oxygen atoms in total. The van der Waals surface area contributed by atoms with E-state index < -0.39 is 0 Å². The largest absolute Gasteiger partial charge is 0.339 e. The zero-order valence-corrected chi connectivity index (χ0v) is 12.5. The highest BCUT2D eigenvalue weighted by atomic mass is 16.5. The summed E-state index contributed by atoms with van der Waals surface area (Å²) in [6.45, 7) is 6.05. The number of rotatable bonds is 6. The molecule has 112 valence electrons. The van der Waals surface area contributed by atoms with Gasteiger partial charge in [0, 0.05) is 38.6 Å². The quantitative estimate of drug-likeness (QED) is 0.877. The first kappa shape index (κ1) is 14.2. The van der Waals surface area contributed by atoms with Crippen molar-refractivity contribution in [2.45, 2.75) is 32.4 Å². The van der Waals surface area contributed by atoms with Gasteiger partial charge in [-0.1, -0.05) is 35.5 Å². The van der Waals surface area contributed by atoms with Crippen LogP contribution in [0.5, 0.6) is 0 Å². The maximum atomic E-state index is 5.12. The summed E-state index contributed by atoms with van der Waals surface area (Å²) in [7, 11) is 0. The summed E-state index contributed by atoms with van der Waals surface area (Å²) < 4.78 is 5.12. The smallest absolute Gasteiger partial charge is 0.227 e. The zero-order chi connectivity index (χ0) is 14.5. The molecule has 0 saturated carbocycles. The Morgan fingerprint density at radius 2 is 2.19 bits per heavy atom. The fourth-order valence-electron chi connectivity index (χ4n) is 2.81. The van der Waals surface area contributed by atoms with Gasteiger partial charge in [-0.2, -0.15) is 4.98 Å². The summed E-state index contributed by atoms with van der Waals surface area (Å²) in [5.41, 5.74) is 1.39. The Morgan fingerprint density at radius 1 is 1.33 bits per heavy atom. The highest BCUT2D eigenvalue weighted by molar-refractivity contribution is 5.14. The molecule has 1 saturated heterocycles. The van der Waals surface area contributed by atoms with E-state index in [1.54, 1.807) is 0 Å². The first-order valence-corrected chi connectivity index (χ1v) is 7.58. The van der Waals surface area contributed by atoms with Crippen molar-refractivity contribution in [3.63, 3.8) is 0 Å². The fourth-order valence-corrected chi connectivity index (χ4v) is 2.81. The molecule has 1 atom stereocenters. The third kappa shape index (κ3) is 4.12. The Morgan fingerprint density at radius 3 is 2.95 bits per heavy atom. The highest BCUT2D eigenvalue weighted by Crippen LogP contribution is 2.13. The molecule has 2 aromatic rings. The standard InChI is InChI=1S/C16H22N4O/c1-13-18-16(21-19-13)7-9-17-15-8-10-20(12-15)11-14-5-3-2-4-6-14/h2-6,15,17H,7-12H2,1H3. The van der Waals surface area contributed by atoms with Gasteiger partial charge in [0.25, 0.3) is 0 Å². The van der Waals surface area contributed by atoms with Crippen molar-refractivity contribution in [2.24, 2.45) is 0 Å². The molecule has 21 heavy (non-hydrogen) atoms. The summed E-state index contributed by atoms with van der Waals surface area (Å²) in [5.74, 6) is 1.43. The first-order chi connectivity index (χ1) is 10.3. The van der Waals surface area contributed by atoms with Crippen molar-refractivity contribution in [3.05, 3.63) is 47.6 Å². The van der Waals surface area contributed by atoms with E-state index in [9.17, 15) is 0 Å². The molecule has 5 heteroatoms. The molecule has 1 aliphatic rings. The monoisotopic (exact) mass is 286 g/mol.